The second kappa shape index (κ2) is 5.79. The molecule has 1 N–H and O–H groups in total. The molecule has 0 saturated carbocycles. The smallest absolute Gasteiger partial charge is 0.304 e. The number of hydrogen-bond donors (Lipinski definition) is 1. The highest BCUT2D eigenvalue weighted by atomic mass is 16.4. The van der Waals surface area contributed by atoms with Gasteiger partial charge in [-0.2, -0.15) is 0 Å². The van der Waals surface area contributed by atoms with Crippen molar-refractivity contribution in [3.8, 4) is 0 Å². The molecule has 0 aromatic heterocycles. The quantitative estimate of drug-likeness (QED) is 0.908. The summed E-state index contributed by atoms with van der Waals surface area (Å²) in [5.74, 6) is -1.13. The van der Waals surface area contributed by atoms with Crippen LogP contribution in [0.5, 0.6) is 0 Å². The van der Waals surface area contributed by atoms with E-state index in [1.54, 1.807) is 25.2 Å². The minimum Gasteiger partial charge on any atom is -0.481 e. The lowest BCUT2D eigenvalue weighted by atomic mass is 9.81. The zero-order valence-corrected chi connectivity index (χ0v) is 13.0. The van der Waals surface area contributed by atoms with Crippen LogP contribution in [0.1, 0.15) is 25.8 Å². The highest BCUT2D eigenvalue weighted by molar-refractivity contribution is 6.04. The van der Waals surface area contributed by atoms with Crippen molar-refractivity contribution in [3.63, 3.8) is 0 Å². The Morgan fingerprint density at radius 1 is 1.23 bits per heavy atom. The highest BCUT2D eigenvalue weighted by Crippen LogP contribution is 2.30. The number of rotatable bonds is 4. The van der Waals surface area contributed by atoms with E-state index in [1.165, 1.54) is 9.80 Å². The van der Waals surface area contributed by atoms with Gasteiger partial charge in [0, 0.05) is 18.2 Å². The predicted molar refractivity (Wildman–Crippen MR) is 81.7 cm³/mol. The van der Waals surface area contributed by atoms with Gasteiger partial charge in [0.25, 0.3) is 0 Å². The molecule has 1 aromatic rings. The van der Waals surface area contributed by atoms with E-state index in [4.69, 9.17) is 5.11 Å². The maximum absolute atomic E-state index is 12.1. The molecule has 0 unspecified atom stereocenters. The number of carbonyl (C=O) groups excluding carboxylic acids is 2. The van der Waals surface area contributed by atoms with Crippen LogP contribution in [0, 0.1) is 0 Å². The molecule has 0 spiro atoms. The van der Waals surface area contributed by atoms with Crippen molar-refractivity contribution in [3.05, 3.63) is 29.8 Å². The normalized spacial score (nSPS) is 16.1. The lowest BCUT2D eigenvalue weighted by Gasteiger charge is -2.32. The average Bonchev–Trinajstić information content (AvgIpc) is 2.41. The van der Waals surface area contributed by atoms with E-state index in [2.05, 4.69) is 0 Å². The van der Waals surface area contributed by atoms with E-state index in [9.17, 15) is 14.4 Å². The van der Waals surface area contributed by atoms with Crippen LogP contribution in [-0.4, -0.2) is 47.9 Å². The lowest BCUT2D eigenvalue weighted by molar-refractivity contribution is -0.138. The number of aliphatic carboxylic acids is 1. The molecule has 1 aliphatic heterocycles. The minimum absolute atomic E-state index is 0.00787. The molecule has 6 nitrogen and oxygen atoms in total. The molecule has 1 saturated heterocycles. The van der Waals surface area contributed by atoms with Gasteiger partial charge in [0.15, 0.2) is 0 Å². The number of piperazine rings is 1. The Balaban J connectivity index is 2.30. The maximum atomic E-state index is 12.1. The van der Waals surface area contributed by atoms with E-state index in [0.29, 0.717) is 5.69 Å². The molecule has 1 fully saturated rings. The molecule has 0 bridgehead atoms. The van der Waals surface area contributed by atoms with Crippen LogP contribution in [0.3, 0.4) is 0 Å². The summed E-state index contributed by atoms with van der Waals surface area (Å²) in [6.07, 6.45) is -0.00787. The molecule has 22 heavy (non-hydrogen) atoms. The molecule has 1 aliphatic rings. The number of carboxylic acids is 1. The van der Waals surface area contributed by atoms with Crippen LogP contribution in [0.25, 0.3) is 0 Å². The molecule has 6 heteroatoms. The molecular formula is C16H20N2O4. The Hall–Kier alpha value is -2.37. The minimum atomic E-state index is -0.874. The van der Waals surface area contributed by atoms with Crippen molar-refractivity contribution < 1.29 is 19.5 Å². The molecule has 1 heterocycles. The average molecular weight is 304 g/mol. The molecule has 2 amide bonds. The van der Waals surface area contributed by atoms with Crippen molar-refractivity contribution >= 4 is 23.5 Å². The van der Waals surface area contributed by atoms with Gasteiger partial charge in [-0.15, -0.1) is 0 Å². The van der Waals surface area contributed by atoms with E-state index in [-0.39, 0.29) is 31.3 Å². The number of hydrogen-bond acceptors (Lipinski definition) is 3. The molecule has 118 valence electrons. The molecule has 0 aliphatic carbocycles. The van der Waals surface area contributed by atoms with Crippen LogP contribution in [-0.2, 0) is 19.8 Å². The van der Waals surface area contributed by atoms with Crippen LogP contribution >= 0.6 is 0 Å². The Bertz CT molecular complexity index is 624. The van der Waals surface area contributed by atoms with Crippen LogP contribution < -0.4 is 4.90 Å². The molecule has 0 radical (unpaired) electrons. The van der Waals surface area contributed by atoms with E-state index in [0.717, 1.165) is 5.56 Å². The first-order chi connectivity index (χ1) is 10.2. The predicted octanol–water partition coefficient (Wildman–Crippen LogP) is 1.24. The van der Waals surface area contributed by atoms with Gasteiger partial charge in [-0.1, -0.05) is 26.0 Å². The van der Waals surface area contributed by atoms with Crippen molar-refractivity contribution in [1.29, 1.82) is 0 Å². The number of benzene rings is 1. The number of carbonyl (C=O) groups is 3. The number of amides is 2. The molecule has 0 atom stereocenters. The van der Waals surface area contributed by atoms with Crippen molar-refractivity contribution in [2.45, 2.75) is 25.7 Å². The van der Waals surface area contributed by atoms with Gasteiger partial charge in [0.2, 0.25) is 11.8 Å². The van der Waals surface area contributed by atoms with Crippen LogP contribution in [0.4, 0.5) is 5.69 Å². The zero-order chi connectivity index (χ0) is 16.5. The van der Waals surface area contributed by atoms with Gasteiger partial charge in [-0.25, -0.2) is 0 Å². The molecular weight excluding hydrogens is 284 g/mol. The Labute approximate surface area is 129 Å². The molecule has 2 rings (SSSR count). The standard InChI is InChI=1S/C16H20N2O4/c1-16(2,8-15(21)22)11-5-4-6-12(7-11)18-10-13(19)17(3)9-14(18)20/h4-7H,8-10H2,1-3H3,(H,21,22). The second-order valence-electron chi connectivity index (χ2n) is 6.23. The third-order valence-corrected chi connectivity index (χ3v) is 3.93. The fourth-order valence-electron chi connectivity index (χ4n) is 2.53. The van der Waals surface area contributed by atoms with Gasteiger partial charge in [0.1, 0.15) is 6.54 Å². The summed E-state index contributed by atoms with van der Waals surface area (Å²) in [6.45, 7) is 3.76. The first kappa shape index (κ1) is 16.0. The van der Waals surface area contributed by atoms with Crippen molar-refractivity contribution in [2.75, 3.05) is 25.0 Å². The lowest BCUT2D eigenvalue weighted by Crippen LogP contribution is -2.52. The monoisotopic (exact) mass is 304 g/mol. The SMILES string of the molecule is CN1CC(=O)N(c2cccc(C(C)(C)CC(=O)O)c2)CC1=O. The Kier molecular flexibility index (Phi) is 4.21. The molecule has 1 aromatic carbocycles. The number of anilines is 1. The summed E-state index contributed by atoms with van der Waals surface area (Å²) in [4.78, 5) is 37.8. The first-order valence-corrected chi connectivity index (χ1v) is 7.07. The largest absolute Gasteiger partial charge is 0.481 e. The highest BCUT2D eigenvalue weighted by Gasteiger charge is 2.30. The summed E-state index contributed by atoms with van der Waals surface area (Å²) in [7, 11) is 1.60. The van der Waals surface area contributed by atoms with E-state index >= 15 is 0 Å². The van der Waals surface area contributed by atoms with E-state index in [1.807, 2.05) is 19.9 Å². The van der Waals surface area contributed by atoms with E-state index < -0.39 is 11.4 Å². The number of nitrogens with zero attached hydrogens (tertiary/aromatic N) is 2. The van der Waals surface area contributed by atoms with Gasteiger partial charge in [-0.3, -0.25) is 14.4 Å². The summed E-state index contributed by atoms with van der Waals surface area (Å²) >= 11 is 0. The first-order valence-electron chi connectivity index (χ1n) is 7.07. The van der Waals surface area contributed by atoms with Gasteiger partial charge < -0.3 is 14.9 Å². The fourth-order valence-corrected chi connectivity index (χ4v) is 2.53. The van der Waals surface area contributed by atoms with Crippen LogP contribution in [0.2, 0.25) is 0 Å². The van der Waals surface area contributed by atoms with Crippen LogP contribution in [0.15, 0.2) is 24.3 Å². The van der Waals surface area contributed by atoms with Crippen molar-refractivity contribution in [2.24, 2.45) is 0 Å². The fraction of sp³-hybridized carbons (Fsp3) is 0.438. The van der Waals surface area contributed by atoms with Gasteiger partial charge >= 0.3 is 5.97 Å². The van der Waals surface area contributed by atoms with Gasteiger partial charge in [0.05, 0.1) is 13.0 Å². The summed E-state index contributed by atoms with van der Waals surface area (Å²) < 4.78 is 0. The van der Waals surface area contributed by atoms with Gasteiger partial charge in [-0.05, 0) is 17.7 Å². The second-order valence-corrected chi connectivity index (χ2v) is 6.23. The topological polar surface area (TPSA) is 77.9 Å². The zero-order valence-electron chi connectivity index (χ0n) is 13.0. The third kappa shape index (κ3) is 3.27. The van der Waals surface area contributed by atoms with Crippen molar-refractivity contribution in [1.82, 2.24) is 4.90 Å². The summed E-state index contributed by atoms with van der Waals surface area (Å²) in [5.41, 5.74) is 0.899. The third-order valence-electron chi connectivity index (χ3n) is 3.93. The maximum Gasteiger partial charge on any atom is 0.304 e. The Morgan fingerprint density at radius 3 is 2.55 bits per heavy atom. The summed E-state index contributed by atoms with van der Waals surface area (Å²) in [6, 6.07) is 7.18. The number of likely N-dealkylation sites (N-methyl/N-ethyl adjacent to an activating group) is 1. The Morgan fingerprint density at radius 2 is 1.91 bits per heavy atom. The summed E-state index contributed by atoms with van der Waals surface area (Å²) in [5, 5.41) is 9.02. The number of carboxylic acid groups (broad SMARTS) is 1.